The highest BCUT2D eigenvalue weighted by Gasteiger charge is 2.30. The highest BCUT2D eigenvalue weighted by atomic mass is 19.4. The Balaban J connectivity index is 2.76. The van der Waals surface area contributed by atoms with E-state index < -0.39 is 11.7 Å². The van der Waals surface area contributed by atoms with Crippen LogP contribution in [-0.2, 0) is 12.6 Å². The summed E-state index contributed by atoms with van der Waals surface area (Å²) in [5.74, 6) is 0. The van der Waals surface area contributed by atoms with Gasteiger partial charge in [-0.1, -0.05) is 0 Å². The van der Waals surface area contributed by atoms with E-state index >= 15 is 0 Å². The zero-order valence-electron chi connectivity index (χ0n) is 10.0. The molecular weight excluding hydrogens is 229 g/mol. The summed E-state index contributed by atoms with van der Waals surface area (Å²) >= 11 is 0. The summed E-state index contributed by atoms with van der Waals surface area (Å²) in [5.41, 5.74) is 5.61. The molecule has 0 saturated carbocycles. The Morgan fingerprint density at radius 3 is 2.35 bits per heavy atom. The van der Waals surface area contributed by atoms with Gasteiger partial charge in [0.15, 0.2) is 0 Å². The summed E-state index contributed by atoms with van der Waals surface area (Å²) in [5, 5.41) is 0. The standard InChI is InChI=1S/C12H17F3N2/c1-17(2)5-3-4-9-6-10(12(13,14)15)8-11(16)7-9/h6-8H,3-5,16H2,1-2H3. The maximum absolute atomic E-state index is 12.5. The van der Waals surface area contributed by atoms with Crippen LogP contribution in [0.15, 0.2) is 18.2 Å². The second-order valence-electron chi connectivity index (χ2n) is 4.37. The zero-order chi connectivity index (χ0) is 13.1. The quantitative estimate of drug-likeness (QED) is 0.828. The van der Waals surface area contributed by atoms with E-state index in [1.54, 1.807) is 6.07 Å². The van der Waals surface area contributed by atoms with Crippen LogP contribution < -0.4 is 5.73 Å². The van der Waals surface area contributed by atoms with E-state index in [9.17, 15) is 13.2 Å². The molecule has 0 bridgehead atoms. The second kappa shape index (κ2) is 5.40. The Morgan fingerprint density at radius 2 is 1.82 bits per heavy atom. The molecule has 0 amide bonds. The summed E-state index contributed by atoms with van der Waals surface area (Å²) in [7, 11) is 3.86. The molecular formula is C12H17F3N2. The summed E-state index contributed by atoms with van der Waals surface area (Å²) in [6, 6.07) is 3.74. The number of rotatable bonds is 4. The van der Waals surface area contributed by atoms with Crippen molar-refractivity contribution in [1.29, 1.82) is 0 Å². The van der Waals surface area contributed by atoms with Gasteiger partial charge in [-0.25, -0.2) is 0 Å². The van der Waals surface area contributed by atoms with E-state index in [1.807, 2.05) is 19.0 Å². The predicted octanol–water partition coefficient (Wildman–Crippen LogP) is 2.78. The number of nitrogens with zero attached hydrogens (tertiary/aromatic N) is 1. The first kappa shape index (κ1) is 13.8. The van der Waals surface area contributed by atoms with Crippen molar-refractivity contribution in [1.82, 2.24) is 4.90 Å². The number of nitrogens with two attached hydrogens (primary N) is 1. The Kier molecular flexibility index (Phi) is 4.40. The molecule has 1 rings (SSSR count). The van der Waals surface area contributed by atoms with Crippen LogP contribution in [0, 0.1) is 0 Å². The molecule has 0 aliphatic rings. The Bertz CT molecular complexity index is 373. The van der Waals surface area contributed by atoms with Crippen molar-refractivity contribution in [2.45, 2.75) is 19.0 Å². The number of hydrogen-bond donors (Lipinski definition) is 1. The van der Waals surface area contributed by atoms with Crippen molar-refractivity contribution in [2.24, 2.45) is 0 Å². The van der Waals surface area contributed by atoms with Crippen LogP contribution in [0.5, 0.6) is 0 Å². The molecule has 2 nitrogen and oxygen atoms in total. The second-order valence-corrected chi connectivity index (χ2v) is 4.37. The van der Waals surface area contributed by atoms with Crippen molar-refractivity contribution in [3.8, 4) is 0 Å². The monoisotopic (exact) mass is 246 g/mol. The van der Waals surface area contributed by atoms with Gasteiger partial charge >= 0.3 is 6.18 Å². The van der Waals surface area contributed by atoms with Gasteiger partial charge in [-0.15, -0.1) is 0 Å². The molecule has 0 fully saturated rings. The predicted molar refractivity (Wildman–Crippen MR) is 62.7 cm³/mol. The topological polar surface area (TPSA) is 29.3 Å². The zero-order valence-corrected chi connectivity index (χ0v) is 10.0. The molecule has 0 aliphatic carbocycles. The molecule has 17 heavy (non-hydrogen) atoms. The fourth-order valence-corrected chi connectivity index (χ4v) is 1.63. The minimum atomic E-state index is -4.33. The highest BCUT2D eigenvalue weighted by Crippen LogP contribution is 2.31. The molecule has 0 heterocycles. The summed E-state index contributed by atoms with van der Waals surface area (Å²) in [4.78, 5) is 2.00. The molecule has 0 radical (unpaired) electrons. The third-order valence-electron chi connectivity index (χ3n) is 2.41. The van der Waals surface area contributed by atoms with E-state index in [4.69, 9.17) is 5.73 Å². The van der Waals surface area contributed by atoms with Crippen molar-refractivity contribution >= 4 is 5.69 Å². The fourth-order valence-electron chi connectivity index (χ4n) is 1.63. The molecule has 0 aliphatic heterocycles. The summed E-state index contributed by atoms with van der Waals surface area (Å²) in [6.07, 6.45) is -2.91. The van der Waals surface area contributed by atoms with E-state index in [2.05, 4.69) is 0 Å². The summed E-state index contributed by atoms with van der Waals surface area (Å²) in [6.45, 7) is 0.843. The lowest BCUT2D eigenvalue weighted by Crippen LogP contribution is -2.13. The summed E-state index contributed by atoms with van der Waals surface area (Å²) < 4.78 is 37.6. The van der Waals surface area contributed by atoms with E-state index in [0.717, 1.165) is 19.0 Å². The van der Waals surface area contributed by atoms with Gasteiger partial charge in [0.25, 0.3) is 0 Å². The lowest BCUT2D eigenvalue weighted by molar-refractivity contribution is -0.137. The normalized spacial score (nSPS) is 12.1. The van der Waals surface area contributed by atoms with E-state index in [1.165, 1.54) is 6.07 Å². The minimum absolute atomic E-state index is 0.166. The largest absolute Gasteiger partial charge is 0.416 e. The smallest absolute Gasteiger partial charge is 0.399 e. The molecule has 5 heteroatoms. The van der Waals surface area contributed by atoms with E-state index in [0.29, 0.717) is 12.0 Å². The van der Waals surface area contributed by atoms with Gasteiger partial charge in [0.2, 0.25) is 0 Å². The Hall–Kier alpha value is -1.23. The number of benzene rings is 1. The van der Waals surface area contributed by atoms with Crippen molar-refractivity contribution in [3.05, 3.63) is 29.3 Å². The number of halogens is 3. The first-order chi connectivity index (χ1) is 7.79. The molecule has 96 valence electrons. The van der Waals surface area contributed by atoms with Crippen LogP contribution in [0.3, 0.4) is 0 Å². The first-order valence-corrected chi connectivity index (χ1v) is 5.40. The van der Waals surface area contributed by atoms with Crippen LogP contribution in [0.1, 0.15) is 17.5 Å². The fraction of sp³-hybridized carbons (Fsp3) is 0.500. The van der Waals surface area contributed by atoms with Crippen LogP contribution >= 0.6 is 0 Å². The number of anilines is 1. The Morgan fingerprint density at radius 1 is 1.18 bits per heavy atom. The van der Waals surface area contributed by atoms with Crippen LogP contribution in [0.25, 0.3) is 0 Å². The average molecular weight is 246 g/mol. The molecule has 0 atom stereocenters. The maximum Gasteiger partial charge on any atom is 0.416 e. The number of nitrogen functional groups attached to an aromatic ring is 1. The van der Waals surface area contributed by atoms with Gasteiger partial charge in [-0.2, -0.15) is 13.2 Å². The SMILES string of the molecule is CN(C)CCCc1cc(N)cc(C(F)(F)F)c1. The first-order valence-electron chi connectivity index (χ1n) is 5.40. The van der Waals surface area contributed by atoms with Gasteiger partial charge in [0.1, 0.15) is 0 Å². The average Bonchev–Trinajstić information content (AvgIpc) is 2.14. The van der Waals surface area contributed by atoms with Gasteiger partial charge in [-0.3, -0.25) is 0 Å². The van der Waals surface area contributed by atoms with Gasteiger partial charge in [0, 0.05) is 5.69 Å². The molecule has 0 unspecified atom stereocenters. The number of alkyl halides is 3. The van der Waals surface area contributed by atoms with Crippen LogP contribution in [-0.4, -0.2) is 25.5 Å². The molecule has 0 saturated heterocycles. The Labute approximate surface area is 99.2 Å². The van der Waals surface area contributed by atoms with Crippen LogP contribution in [0.4, 0.5) is 18.9 Å². The molecule has 1 aromatic carbocycles. The van der Waals surface area contributed by atoms with Crippen molar-refractivity contribution in [3.63, 3.8) is 0 Å². The lowest BCUT2D eigenvalue weighted by atomic mass is 10.0. The maximum atomic E-state index is 12.5. The van der Waals surface area contributed by atoms with Gasteiger partial charge in [-0.05, 0) is 57.2 Å². The molecule has 0 spiro atoms. The van der Waals surface area contributed by atoms with Crippen LogP contribution in [0.2, 0.25) is 0 Å². The van der Waals surface area contributed by atoms with Gasteiger partial charge < -0.3 is 10.6 Å². The molecule has 2 N–H and O–H groups in total. The van der Waals surface area contributed by atoms with Gasteiger partial charge in [0.05, 0.1) is 5.56 Å². The minimum Gasteiger partial charge on any atom is -0.399 e. The highest BCUT2D eigenvalue weighted by molar-refractivity contribution is 5.45. The lowest BCUT2D eigenvalue weighted by Gasteiger charge is -2.12. The van der Waals surface area contributed by atoms with Crippen molar-refractivity contribution in [2.75, 3.05) is 26.4 Å². The molecule has 0 aromatic heterocycles. The number of aryl methyl sites for hydroxylation is 1. The third-order valence-corrected chi connectivity index (χ3v) is 2.41. The molecule has 1 aromatic rings. The van der Waals surface area contributed by atoms with Crippen molar-refractivity contribution < 1.29 is 13.2 Å². The third kappa shape index (κ3) is 4.65. The number of hydrogen-bond acceptors (Lipinski definition) is 2. The van der Waals surface area contributed by atoms with E-state index in [-0.39, 0.29) is 5.69 Å².